The Hall–Kier alpha value is -1.14. The van der Waals surface area contributed by atoms with Crippen LogP contribution >= 0.6 is 15.9 Å². The first kappa shape index (κ1) is 13.3. The van der Waals surface area contributed by atoms with Crippen LogP contribution in [0, 0.1) is 10.1 Å². The Morgan fingerprint density at radius 3 is 2.89 bits per heavy atom. The van der Waals surface area contributed by atoms with Gasteiger partial charge in [-0.25, -0.2) is 0 Å². The largest absolute Gasteiger partial charge is 0.382 e. The number of anilines is 1. The van der Waals surface area contributed by atoms with E-state index in [2.05, 4.69) is 28.2 Å². The Morgan fingerprint density at radius 2 is 2.33 bits per heavy atom. The number of benzene rings is 1. The number of non-ortho nitro benzene ring substituents is 1. The number of nitro groups is 1. The van der Waals surface area contributed by atoms with Crippen molar-refractivity contribution in [3.8, 4) is 0 Å². The lowest BCUT2D eigenvalue weighted by atomic mass is 10.2. The van der Waals surface area contributed by atoms with Crippen molar-refractivity contribution in [2.75, 3.05) is 11.9 Å². The highest BCUT2D eigenvalue weighted by Gasteiger charge is 2.21. The maximum absolute atomic E-state index is 10.6. The quantitative estimate of drug-likeness (QED) is 0.684. The molecule has 1 heterocycles. The molecule has 2 rings (SSSR count). The number of nitrogens with zero attached hydrogens (tertiary/aromatic N) is 1. The van der Waals surface area contributed by atoms with E-state index in [9.17, 15) is 10.1 Å². The second-order valence-corrected chi connectivity index (χ2v) is 5.30. The Balaban J connectivity index is 1.95. The summed E-state index contributed by atoms with van der Waals surface area (Å²) >= 11 is 3.33. The van der Waals surface area contributed by atoms with Crippen molar-refractivity contribution < 1.29 is 9.66 Å². The first-order valence-corrected chi connectivity index (χ1v) is 6.69. The molecule has 1 aliphatic rings. The minimum Gasteiger partial charge on any atom is -0.382 e. The molecular formula is C12H15BrN2O3. The van der Waals surface area contributed by atoms with Crippen LogP contribution in [0.15, 0.2) is 22.7 Å². The van der Waals surface area contributed by atoms with Crippen LogP contribution in [0.5, 0.6) is 0 Å². The van der Waals surface area contributed by atoms with E-state index in [1.807, 2.05) is 0 Å². The first-order chi connectivity index (χ1) is 8.56. The van der Waals surface area contributed by atoms with E-state index < -0.39 is 4.92 Å². The van der Waals surface area contributed by atoms with Crippen molar-refractivity contribution in [3.05, 3.63) is 32.8 Å². The predicted octanol–water partition coefficient (Wildman–Crippen LogP) is 3.34. The van der Waals surface area contributed by atoms with Gasteiger partial charge in [-0.2, -0.15) is 0 Å². The van der Waals surface area contributed by atoms with E-state index in [1.54, 1.807) is 6.07 Å². The molecule has 1 N–H and O–H groups in total. The Bertz CT molecular complexity index is 453. The SMILES string of the molecule is CC1CCC(CNc2ccc([N+](=O)[O-])cc2Br)O1. The van der Waals surface area contributed by atoms with E-state index in [0.29, 0.717) is 10.6 Å². The molecule has 1 saturated heterocycles. The summed E-state index contributed by atoms with van der Waals surface area (Å²) in [6, 6.07) is 4.70. The topological polar surface area (TPSA) is 64.4 Å². The normalized spacial score (nSPS) is 23.0. The summed E-state index contributed by atoms with van der Waals surface area (Å²) < 4.78 is 6.40. The molecule has 18 heavy (non-hydrogen) atoms. The lowest BCUT2D eigenvalue weighted by molar-refractivity contribution is -0.384. The standard InChI is InChI=1S/C12H15BrN2O3/c1-8-2-4-10(18-8)7-14-12-5-3-9(15(16)17)6-11(12)13/h3,5-6,8,10,14H,2,4,7H2,1H3. The fraction of sp³-hybridized carbons (Fsp3) is 0.500. The van der Waals surface area contributed by atoms with Gasteiger partial charge in [-0.1, -0.05) is 0 Å². The molecule has 2 atom stereocenters. The molecule has 0 radical (unpaired) electrons. The van der Waals surface area contributed by atoms with E-state index in [4.69, 9.17) is 4.74 Å². The summed E-state index contributed by atoms with van der Waals surface area (Å²) in [6.45, 7) is 2.79. The molecule has 0 amide bonds. The van der Waals surface area contributed by atoms with Gasteiger partial charge in [-0.15, -0.1) is 0 Å². The number of halogens is 1. The Labute approximate surface area is 114 Å². The fourth-order valence-electron chi connectivity index (χ4n) is 2.02. The molecule has 98 valence electrons. The van der Waals surface area contributed by atoms with Crippen molar-refractivity contribution in [2.45, 2.75) is 32.0 Å². The predicted molar refractivity (Wildman–Crippen MR) is 72.9 cm³/mol. The molecule has 6 heteroatoms. The van der Waals surface area contributed by atoms with Gasteiger partial charge in [-0.05, 0) is 41.8 Å². The van der Waals surface area contributed by atoms with E-state index >= 15 is 0 Å². The van der Waals surface area contributed by atoms with E-state index in [1.165, 1.54) is 12.1 Å². The van der Waals surface area contributed by atoms with Crippen LogP contribution in [0.1, 0.15) is 19.8 Å². The van der Waals surface area contributed by atoms with Gasteiger partial charge in [0.15, 0.2) is 0 Å². The maximum Gasteiger partial charge on any atom is 0.270 e. The van der Waals surface area contributed by atoms with Crippen molar-refractivity contribution in [3.63, 3.8) is 0 Å². The first-order valence-electron chi connectivity index (χ1n) is 5.89. The number of hydrogen-bond acceptors (Lipinski definition) is 4. The van der Waals surface area contributed by atoms with Gasteiger partial charge in [0.1, 0.15) is 0 Å². The third kappa shape index (κ3) is 3.20. The Morgan fingerprint density at radius 1 is 1.56 bits per heavy atom. The van der Waals surface area contributed by atoms with E-state index in [0.717, 1.165) is 25.1 Å². The highest BCUT2D eigenvalue weighted by Crippen LogP contribution is 2.28. The minimum atomic E-state index is -0.406. The Kier molecular flexibility index (Phi) is 4.19. The smallest absolute Gasteiger partial charge is 0.270 e. The molecule has 0 aromatic heterocycles. The van der Waals surface area contributed by atoms with Crippen molar-refractivity contribution in [1.82, 2.24) is 0 Å². The summed E-state index contributed by atoms with van der Waals surface area (Å²) in [5.41, 5.74) is 0.932. The molecule has 0 saturated carbocycles. The van der Waals surface area contributed by atoms with Crippen LogP contribution in [0.4, 0.5) is 11.4 Å². The van der Waals surface area contributed by atoms with Crippen LogP contribution in [0.25, 0.3) is 0 Å². The lowest BCUT2D eigenvalue weighted by Crippen LogP contribution is -2.19. The number of rotatable bonds is 4. The number of hydrogen-bond donors (Lipinski definition) is 1. The van der Waals surface area contributed by atoms with Crippen LogP contribution in [0.3, 0.4) is 0 Å². The molecule has 1 fully saturated rings. The van der Waals surface area contributed by atoms with Crippen LogP contribution in [-0.2, 0) is 4.74 Å². The molecule has 1 aromatic carbocycles. The van der Waals surface area contributed by atoms with Gasteiger partial charge in [0.25, 0.3) is 5.69 Å². The molecular weight excluding hydrogens is 300 g/mol. The fourth-order valence-corrected chi connectivity index (χ4v) is 2.53. The van der Waals surface area contributed by atoms with Crippen molar-refractivity contribution >= 4 is 27.3 Å². The molecule has 0 bridgehead atoms. The summed E-state index contributed by atoms with van der Waals surface area (Å²) in [5, 5.41) is 13.9. The highest BCUT2D eigenvalue weighted by atomic mass is 79.9. The van der Waals surface area contributed by atoms with Gasteiger partial charge in [0.05, 0.1) is 17.1 Å². The monoisotopic (exact) mass is 314 g/mol. The third-order valence-electron chi connectivity index (χ3n) is 3.00. The van der Waals surface area contributed by atoms with Crippen molar-refractivity contribution in [2.24, 2.45) is 0 Å². The summed E-state index contributed by atoms with van der Waals surface area (Å²) in [4.78, 5) is 10.2. The average Bonchev–Trinajstić information content (AvgIpc) is 2.73. The molecule has 5 nitrogen and oxygen atoms in total. The van der Waals surface area contributed by atoms with Crippen LogP contribution in [-0.4, -0.2) is 23.7 Å². The van der Waals surface area contributed by atoms with Crippen LogP contribution in [0.2, 0.25) is 0 Å². The van der Waals surface area contributed by atoms with Gasteiger partial charge in [0, 0.05) is 28.8 Å². The zero-order valence-electron chi connectivity index (χ0n) is 10.1. The number of ether oxygens (including phenoxy) is 1. The molecule has 1 aliphatic heterocycles. The zero-order chi connectivity index (χ0) is 13.1. The van der Waals surface area contributed by atoms with Crippen LogP contribution < -0.4 is 5.32 Å². The lowest BCUT2D eigenvalue weighted by Gasteiger charge is -2.14. The summed E-state index contributed by atoms with van der Waals surface area (Å²) in [7, 11) is 0. The molecule has 0 spiro atoms. The minimum absolute atomic E-state index is 0.0816. The molecule has 2 unspecified atom stereocenters. The van der Waals surface area contributed by atoms with E-state index in [-0.39, 0.29) is 11.8 Å². The maximum atomic E-state index is 10.6. The molecule has 1 aromatic rings. The van der Waals surface area contributed by atoms with Gasteiger partial charge < -0.3 is 10.1 Å². The third-order valence-corrected chi connectivity index (χ3v) is 3.66. The second kappa shape index (κ2) is 5.67. The highest BCUT2D eigenvalue weighted by molar-refractivity contribution is 9.10. The van der Waals surface area contributed by atoms with Crippen molar-refractivity contribution in [1.29, 1.82) is 0 Å². The number of nitrogens with one attached hydrogen (secondary N) is 1. The molecule has 0 aliphatic carbocycles. The summed E-state index contributed by atoms with van der Waals surface area (Å²) in [6.07, 6.45) is 2.70. The van der Waals surface area contributed by atoms with Gasteiger partial charge >= 0.3 is 0 Å². The van der Waals surface area contributed by atoms with Gasteiger partial charge in [0.2, 0.25) is 0 Å². The van der Waals surface area contributed by atoms with Gasteiger partial charge in [-0.3, -0.25) is 10.1 Å². The average molecular weight is 315 g/mol. The zero-order valence-corrected chi connectivity index (χ0v) is 11.6. The second-order valence-electron chi connectivity index (χ2n) is 4.45. The summed E-state index contributed by atoms with van der Waals surface area (Å²) in [5.74, 6) is 0. The number of nitro benzene ring substituents is 1.